The molecule has 1 fully saturated rings. The van der Waals surface area contributed by atoms with Crippen molar-refractivity contribution in [2.75, 3.05) is 18.9 Å². The zero-order chi connectivity index (χ0) is 9.26. The van der Waals surface area contributed by atoms with Crippen LogP contribution in [0.25, 0.3) is 0 Å². The summed E-state index contributed by atoms with van der Waals surface area (Å²) in [4.78, 5) is 14.8. The Balaban J connectivity index is 1.96. The summed E-state index contributed by atoms with van der Waals surface area (Å²) in [7, 11) is 0. The Morgan fingerprint density at radius 2 is 2.46 bits per heavy atom. The van der Waals surface area contributed by atoms with Crippen molar-refractivity contribution in [2.24, 2.45) is 0 Å². The molecule has 3 N–H and O–H groups in total. The molecule has 0 spiro atoms. The molecule has 70 valence electrons. The molecule has 2 rings (SSSR count). The van der Waals surface area contributed by atoms with Gasteiger partial charge in [0.2, 0.25) is 11.8 Å². The van der Waals surface area contributed by atoms with Crippen LogP contribution in [0, 0.1) is 0 Å². The maximum absolute atomic E-state index is 11.2. The molecular formula is C6H8N4O3. The molecule has 0 amide bonds. The van der Waals surface area contributed by atoms with Crippen LogP contribution in [0.15, 0.2) is 0 Å². The first-order chi connectivity index (χ1) is 6.25. The highest BCUT2D eigenvalue weighted by Crippen LogP contribution is 2.07. The van der Waals surface area contributed by atoms with E-state index in [-0.39, 0.29) is 17.9 Å². The second kappa shape index (κ2) is 3.02. The number of carbonyl (C=O) groups excluding carboxylic acids is 1. The summed E-state index contributed by atoms with van der Waals surface area (Å²) >= 11 is 0. The van der Waals surface area contributed by atoms with E-state index in [2.05, 4.69) is 15.2 Å². The fourth-order valence-corrected chi connectivity index (χ4v) is 0.855. The molecule has 1 aliphatic rings. The van der Waals surface area contributed by atoms with E-state index in [1.165, 1.54) is 0 Å². The van der Waals surface area contributed by atoms with Gasteiger partial charge in [-0.05, 0) is 0 Å². The highest BCUT2D eigenvalue weighted by atomic mass is 16.6. The van der Waals surface area contributed by atoms with Crippen molar-refractivity contribution < 1.29 is 14.3 Å². The second-order valence-electron chi connectivity index (χ2n) is 2.61. The number of nitrogens with two attached hydrogens (primary N) is 1. The molecule has 0 bridgehead atoms. The lowest BCUT2D eigenvalue weighted by Gasteiger charge is -2.24. The summed E-state index contributed by atoms with van der Waals surface area (Å²) < 4.78 is 9.76. The van der Waals surface area contributed by atoms with Gasteiger partial charge in [-0.2, -0.15) is 4.98 Å². The van der Waals surface area contributed by atoms with Crippen LogP contribution < -0.4 is 5.73 Å². The Bertz CT molecular complexity index is 319. The maximum Gasteiger partial charge on any atom is 0.376 e. The minimum Gasteiger partial charge on any atom is -0.452 e. The lowest BCUT2D eigenvalue weighted by molar-refractivity contribution is -0.104. The molecule has 1 saturated heterocycles. The molecule has 1 aromatic heterocycles. The molecule has 13 heavy (non-hydrogen) atoms. The van der Waals surface area contributed by atoms with Crippen LogP contribution >= 0.6 is 0 Å². The number of carbonyl (C=O) groups is 1. The number of aromatic nitrogens is 3. The van der Waals surface area contributed by atoms with E-state index in [1.54, 1.807) is 0 Å². The first-order valence-corrected chi connectivity index (χ1v) is 3.72. The fourth-order valence-electron chi connectivity index (χ4n) is 0.855. The third-order valence-electron chi connectivity index (χ3n) is 1.58. The summed E-state index contributed by atoms with van der Waals surface area (Å²) in [5.74, 6) is -0.515. The Morgan fingerprint density at radius 3 is 2.92 bits per heavy atom. The third kappa shape index (κ3) is 1.59. The van der Waals surface area contributed by atoms with E-state index >= 15 is 0 Å². The highest BCUT2D eigenvalue weighted by molar-refractivity contribution is 5.85. The molecule has 0 unspecified atom stereocenters. The van der Waals surface area contributed by atoms with Gasteiger partial charge >= 0.3 is 5.97 Å². The lowest BCUT2D eigenvalue weighted by Crippen LogP contribution is -2.38. The zero-order valence-electron chi connectivity index (χ0n) is 6.69. The Hall–Kier alpha value is -1.63. The molecule has 0 atom stereocenters. The zero-order valence-corrected chi connectivity index (χ0v) is 6.69. The number of anilines is 1. The topological polar surface area (TPSA) is 103 Å². The number of nitrogens with zero attached hydrogens (tertiary/aromatic N) is 2. The number of nitrogen functional groups attached to an aromatic ring is 1. The Morgan fingerprint density at radius 1 is 1.69 bits per heavy atom. The van der Waals surface area contributed by atoms with E-state index in [0.29, 0.717) is 13.2 Å². The van der Waals surface area contributed by atoms with E-state index in [4.69, 9.17) is 15.2 Å². The monoisotopic (exact) mass is 184 g/mol. The average molecular weight is 184 g/mol. The highest BCUT2D eigenvalue weighted by Gasteiger charge is 2.24. The van der Waals surface area contributed by atoms with Crippen LogP contribution in [0.2, 0.25) is 0 Å². The summed E-state index contributed by atoms with van der Waals surface area (Å²) in [6.07, 6.45) is -0.168. The van der Waals surface area contributed by atoms with Crippen LogP contribution in [-0.4, -0.2) is 40.5 Å². The Kier molecular flexibility index (Phi) is 1.85. The standard InChI is InChI=1S/C6H8N4O3/c7-6-8-4(9-10-6)5(11)13-3-1-12-2-3/h3H,1-2H2,(H3,7,8,9,10). The molecule has 7 heteroatoms. The van der Waals surface area contributed by atoms with Gasteiger partial charge in [0.05, 0.1) is 13.2 Å². The number of hydrogen-bond acceptors (Lipinski definition) is 6. The third-order valence-corrected chi connectivity index (χ3v) is 1.58. The van der Waals surface area contributed by atoms with Crippen LogP contribution in [0.4, 0.5) is 5.95 Å². The maximum atomic E-state index is 11.2. The van der Waals surface area contributed by atoms with Crippen molar-refractivity contribution in [2.45, 2.75) is 6.10 Å². The predicted octanol–water partition coefficient (Wildman–Crippen LogP) is -1.06. The van der Waals surface area contributed by atoms with Crippen molar-refractivity contribution in [1.29, 1.82) is 0 Å². The minimum absolute atomic E-state index is 0.0180. The molecule has 1 aliphatic heterocycles. The number of H-pyrrole nitrogens is 1. The quantitative estimate of drug-likeness (QED) is 0.568. The van der Waals surface area contributed by atoms with Crippen LogP contribution in [0.5, 0.6) is 0 Å². The number of rotatable bonds is 2. The molecule has 0 radical (unpaired) electrons. The number of esters is 1. The number of aromatic amines is 1. The summed E-state index contributed by atoms with van der Waals surface area (Å²) in [5.41, 5.74) is 5.21. The molecule has 0 aromatic carbocycles. The van der Waals surface area contributed by atoms with Gasteiger partial charge in [-0.15, -0.1) is 5.10 Å². The van der Waals surface area contributed by atoms with E-state index < -0.39 is 5.97 Å². The molecule has 1 aromatic rings. The van der Waals surface area contributed by atoms with Gasteiger partial charge in [0, 0.05) is 0 Å². The van der Waals surface area contributed by atoms with Gasteiger partial charge in [-0.25, -0.2) is 4.79 Å². The van der Waals surface area contributed by atoms with Crippen molar-refractivity contribution in [3.8, 4) is 0 Å². The second-order valence-corrected chi connectivity index (χ2v) is 2.61. The van der Waals surface area contributed by atoms with Gasteiger partial charge in [-0.3, -0.25) is 5.10 Å². The first-order valence-electron chi connectivity index (χ1n) is 3.72. The number of ether oxygens (including phenoxy) is 2. The fraction of sp³-hybridized carbons (Fsp3) is 0.500. The van der Waals surface area contributed by atoms with E-state index in [0.717, 1.165) is 0 Å². The normalized spacial score (nSPS) is 16.6. The molecule has 2 heterocycles. The van der Waals surface area contributed by atoms with Gasteiger partial charge in [-0.1, -0.05) is 0 Å². The first kappa shape index (κ1) is 7.99. The van der Waals surface area contributed by atoms with Crippen molar-refractivity contribution in [3.05, 3.63) is 5.82 Å². The number of nitrogens with one attached hydrogen (secondary N) is 1. The SMILES string of the molecule is Nc1n[nH]c(C(=O)OC2COC2)n1. The van der Waals surface area contributed by atoms with E-state index in [9.17, 15) is 4.79 Å². The average Bonchev–Trinajstić information content (AvgIpc) is 2.44. The predicted molar refractivity (Wildman–Crippen MR) is 40.8 cm³/mol. The van der Waals surface area contributed by atoms with Gasteiger partial charge in [0.1, 0.15) is 6.10 Å². The molecule has 7 nitrogen and oxygen atoms in total. The van der Waals surface area contributed by atoms with Crippen LogP contribution in [-0.2, 0) is 9.47 Å². The number of hydrogen-bond donors (Lipinski definition) is 2. The van der Waals surface area contributed by atoms with E-state index in [1.807, 2.05) is 0 Å². The summed E-state index contributed by atoms with van der Waals surface area (Å²) in [5, 5.41) is 5.86. The largest absolute Gasteiger partial charge is 0.452 e. The minimum atomic E-state index is -0.558. The lowest BCUT2D eigenvalue weighted by atomic mass is 10.3. The smallest absolute Gasteiger partial charge is 0.376 e. The van der Waals surface area contributed by atoms with Gasteiger partial charge in [0.15, 0.2) is 0 Å². The van der Waals surface area contributed by atoms with Gasteiger partial charge in [0.25, 0.3) is 0 Å². The molecule has 0 saturated carbocycles. The van der Waals surface area contributed by atoms with Crippen molar-refractivity contribution >= 4 is 11.9 Å². The van der Waals surface area contributed by atoms with Crippen molar-refractivity contribution in [3.63, 3.8) is 0 Å². The van der Waals surface area contributed by atoms with Crippen molar-refractivity contribution in [1.82, 2.24) is 15.2 Å². The van der Waals surface area contributed by atoms with Gasteiger partial charge < -0.3 is 15.2 Å². The Labute approximate surface area is 73.2 Å². The molecule has 0 aliphatic carbocycles. The molecular weight excluding hydrogens is 176 g/mol. The van der Waals surface area contributed by atoms with Crippen LogP contribution in [0.3, 0.4) is 0 Å². The van der Waals surface area contributed by atoms with Crippen LogP contribution in [0.1, 0.15) is 10.6 Å². The summed E-state index contributed by atoms with van der Waals surface area (Å²) in [6, 6.07) is 0. The summed E-state index contributed by atoms with van der Waals surface area (Å²) in [6.45, 7) is 0.880.